The molecule has 8 nitrogen and oxygen atoms in total. The van der Waals surface area contributed by atoms with Gasteiger partial charge in [0.15, 0.2) is 0 Å². The fraction of sp³-hybridized carbons (Fsp3) is 0. The molecular formula is C34H24Cl2O8S2. The predicted molar refractivity (Wildman–Crippen MR) is 158 cm³/mol. The Kier molecular flexibility index (Phi) is 12.4. The van der Waals surface area contributed by atoms with Crippen molar-refractivity contribution in [3.63, 3.8) is 0 Å². The van der Waals surface area contributed by atoms with E-state index in [1.54, 1.807) is 0 Å². The van der Waals surface area contributed by atoms with Gasteiger partial charge < -0.3 is 0 Å². The van der Waals surface area contributed by atoms with E-state index < -0.39 is 20.5 Å². The molecule has 6 aromatic rings. The van der Waals surface area contributed by atoms with Gasteiger partial charge in [0.1, 0.15) is 0 Å². The van der Waals surface area contributed by atoms with Crippen LogP contribution in [0.4, 0.5) is 0 Å². The first-order chi connectivity index (χ1) is 21.8. The van der Waals surface area contributed by atoms with Crippen LogP contribution in [0.15, 0.2) is 146 Å². The monoisotopic (exact) mass is 694 g/mol. The van der Waals surface area contributed by atoms with E-state index in [4.69, 9.17) is 37.3 Å². The van der Waals surface area contributed by atoms with E-state index in [1.165, 1.54) is 52.9 Å². The van der Waals surface area contributed by atoms with Crippen molar-refractivity contribution in [1.29, 1.82) is 0 Å². The van der Waals surface area contributed by atoms with Crippen LogP contribution in [0.5, 0.6) is 0 Å². The Morgan fingerprint density at radius 2 is 0.457 bits per heavy atom. The molecule has 0 aliphatic carbocycles. The van der Waals surface area contributed by atoms with E-state index in [0.29, 0.717) is 0 Å². The van der Waals surface area contributed by atoms with Crippen LogP contribution in [0.3, 0.4) is 0 Å². The fourth-order valence-electron chi connectivity index (χ4n) is 4.32. The standard InChI is InChI=1S/C34H24S2.2ClHO4/c1-5-13-25(14-6-1)31-21-29(22-32(35-31)26-15-7-2-8-16-26)30-23-33(27-17-9-3-10-18-27)36-34(24-30)28-19-11-4-12-20-28;2*2-1(3,4)5/h1-24H;2*(H,2,3,4,5)/q+2;;/p-2. The number of rotatable bonds is 5. The number of hydrogen-bond acceptors (Lipinski definition) is 8. The maximum Gasteiger partial charge on any atom is 0.239 e. The molecule has 0 amide bonds. The molecule has 0 saturated carbocycles. The van der Waals surface area contributed by atoms with Gasteiger partial charge in [0.05, 0.1) is 0 Å². The fourth-order valence-corrected chi connectivity index (χ4v) is 6.55. The summed E-state index contributed by atoms with van der Waals surface area (Å²) in [6.45, 7) is 0. The Balaban J connectivity index is 0.000000421. The van der Waals surface area contributed by atoms with Crippen LogP contribution in [-0.4, -0.2) is 0 Å². The van der Waals surface area contributed by atoms with Crippen LogP contribution in [0.1, 0.15) is 0 Å². The average molecular weight is 696 g/mol. The molecule has 0 bridgehead atoms. The van der Waals surface area contributed by atoms with Crippen LogP contribution < -0.4 is 37.3 Å². The summed E-state index contributed by atoms with van der Waals surface area (Å²) in [5.74, 6) is 0. The Morgan fingerprint density at radius 1 is 0.283 bits per heavy atom. The van der Waals surface area contributed by atoms with Crippen LogP contribution >= 0.6 is 22.7 Å². The Morgan fingerprint density at radius 3 is 0.630 bits per heavy atom. The molecule has 6 rings (SSSR count). The molecule has 0 atom stereocenters. The average Bonchev–Trinajstić information content (AvgIpc) is 3.04. The van der Waals surface area contributed by atoms with E-state index in [9.17, 15) is 0 Å². The lowest BCUT2D eigenvalue weighted by atomic mass is 10.0. The summed E-state index contributed by atoms with van der Waals surface area (Å²) in [5.41, 5.74) is 7.43. The molecule has 0 radical (unpaired) electrons. The molecule has 4 aromatic carbocycles. The normalized spacial score (nSPS) is 11.0. The molecular weight excluding hydrogens is 671 g/mol. The SMILES string of the molecule is [O-][Cl+3]([O-])([O-])[O-].[O-][Cl+3]([O-])([O-])[O-].c1ccc(-c2cc(-c3cc(-c4ccccc4)[s+]c(-c4ccccc4)c3)cc(-c3ccccc3)[s+]2)cc1. The molecule has 0 aliphatic heterocycles. The van der Waals surface area contributed by atoms with Crippen LogP contribution in [0, 0.1) is 20.5 Å². The van der Waals surface area contributed by atoms with Crippen molar-refractivity contribution in [3.8, 4) is 52.9 Å². The number of benzene rings is 4. The minimum absolute atomic E-state index is 1.23. The molecule has 0 fully saturated rings. The zero-order chi connectivity index (χ0) is 33.2. The molecule has 12 heteroatoms. The molecule has 46 heavy (non-hydrogen) atoms. The zero-order valence-electron chi connectivity index (χ0n) is 23.7. The third-order valence-electron chi connectivity index (χ3n) is 6.15. The van der Waals surface area contributed by atoms with Gasteiger partial charge in [0, 0.05) is 46.5 Å². The molecule has 0 saturated heterocycles. The van der Waals surface area contributed by atoms with Crippen LogP contribution in [0.25, 0.3) is 52.9 Å². The summed E-state index contributed by atoms with van der Waals surface area (Å²) in [6, 6.07) is 52.2. The highest BCUT2D eigenvalue weighted by atomic mass is 35.7. The van der Waals surface area contributed by atoms with Gasteiger partial charge in [-0.1, -0.05) is 72.8 Å². The van der Waals surface area contributed by atoms with E-state index in [0.717, 1.165) is 0 Å². The van der Waals surface area contributed by atoms with Crippen molar-refractivity contribution in [1.82, 2.24) is 0 Å². The minimum Gasteiger partial charge on any atom is -0.222 e. The molecule has 0 aliphatic rings. The Labute approximate surface area is 277 Å². The van der Waals surface area contributed by atoms with Crippen LogP contribution in [-0.2, 0) is 0 Å². The second-order valence-electron chi connectivity index (χ2n) is 9.37. The van der Waals surface area contributed by atoms with Crippen molar-refractivity contribution >= 4 is 22.7 Å². The minimum atomic E-state index is -4.94. The first-order valence-corrected chi connectivity index (χ1v) is 17.4. The van der Waals surface area contributed by atoms with Gasteiger partial charge in [-0.15, -0.1) is 20.5 Å². The first kappa shape index (κ1) is 35.1. The molecule has 0 spiro atoms. The third-order valence-corrected chi connectivity index (χ3v) is 8.45. The summed E-state index contributed by atoms with van der Waals surface area (Å²) in [7, 11) is -9.89. The van der Waals surface area contributed by atoms with Gasteiger partial charge in [-0.25, -0.2) is 37.3 Å². The summed E-state index contributed by atoms with van der Waals surface area (Å²) < 4.78 is 67.9. The van der Waals surface area contributed by atoms with Gasteiger partial charge in [-0.2, -0.15) is 0 Å². The number of halogens is 2. The Bertz CT molecular complexity index is 1560. The van der Waals surface area contributed by atoms with Gasteiger partial charge >= 0.3 is 0 Å². The van der Waals surface area contributed by atoms with Crippen molar-refractivity contribution in [2.75, 3.05) is 0 Å². The molecule has 234 valence electrons. The van der Waals surface area contributed by atoms with Gasteiger partial charge in [0.25, 0.3) is 0 Å². The van der Waals surface area contributed by atoms with Crippen molar-refractivity contribution < 1.29 is 57.8 Å². The van der Waals surface area contributed by atoms with E-state index in [1.807, 2.05) is 22.7 Å². The van der Waals surface area contributed by atoms with Crippen LogP contribution in [0.2, 0.25) is 0 Å². The summed E-state index contributed by atoms with van der Waals surface area (Å²) in [4.78, 5) is 5.06. The highest BCUT2D eigenvalue weighted by Gasteiger charge is 2.23. The predicted octanol–water partition coefficient (Wildman–Crippen LogP) is 1.19. The van der Waals surface area contributed by atoms with E-state index >= 15 is 0 Å². The molecule has 2 heterocycles. The van der Waals surface area contributed by atoms with E-state index in [-0.39, 0.29) is 0 Å². The lowest BCUT2D eigenvalue weighted by molar-refractivity contribution is -2.00. The smallest absolute Gasteiger partial charge is 0.222 e. The highest BCUT2D eigenvalue weighted by Crippen LogP contribution is 2.41. The maximum absolute atomic E-state index is 8.49. The molecule has 2 aromatic heterocycles. The second kappa shape index (κ2) is 16.2. The van der Waals surface area contributed by atoms with Gasteiger partial charge in [-0.3, -0.25) is 0 Å². The largest absolute Gasteiger partial charge is 0.239 e. The Hall–Kier alpha value is -3.72. The zero-order valence-corrected chi connectivity index (χ0v) is 26.8. The second-order valence-corrected chi connectivity index (χ2v) is 13.0. The summed E-state index contributed by atoms with van der Waals surface area (Å²) in [5, 5.41) is 0. The van der Waals surface area contributed by atoms with Gasteiger partial charge in [-0.05, 0) is 59.7 Å². The topological polar surface area (TPSA) is 184 Å². The maximum atomic E-state index is 8.49. The summed E-state index contributed by atoms with van der Waals surface area (Å²) >= 11 is 3.68. The van der Waals surface area contributed by atoms with Crippen molar-refractivity contribution in [3.05, 3.63) is 146 Å². The quantitative estimate of drug-likeness (QED) is 0.241. The summed E-state index contributed by atoms with van der Waals surface area (Å²) in [6.07, 6.45) is 0. The van der Waals surface area contributed by atoms with Crippen molar-refractivity contribution in [2.24, 2.45) is 0 Å². The number of hydrogen-bond donors (Lipinski definition) is 0. The third kappa shape index (κ3) is 11.9. The van der Waals surface area contributed by atoms with Gasteiger partial charge in [0.2, 0.25) is 42.2 Å². The molecule has 0 unspecified atom stereocenters. The lowest BCUT2D eigenvalue weighted by Crippen LogP contribution is -2.68. The lowest BCUT2D eigenvalue weighted by Gasteiger charge is -2.17. The molecule has 0 N–H and O–H groups in total. The van der Waals surface area contributed by atoms with Crippen molar-refractivity contribution in [2.45, 2.75) is 0 Å². The first-order valence-electron chi connectivity index (χ1n) is 13.3. The van der Waals surface area contributed by atoms with E-state index in [2.05, 4.69) is 146 Å². The highest BCUT2D eigenvalue weighted by molar-refractivity contribution is 7.19.